The second-order valence-corrected chi connectivity index (χ2v) is 6.33. The lowest BCUT2D eigenvalue weighted by molar-refractivity contribution is -0.137. The third-order valence-corrected chi connectivity index (χ3v) is 4.09. The van der Waals surface area contributed by atoms with E-state index in [4.69, 9.17) is 9.84 Å². The van der Waals surface area contributed by atoms with Gasteiger partial charge < -0.3 is 14.7 Å². The van der Waals surface area contributed by atoms with Crippen molar-refractivity contribution in [3.8, 4) is 5.75 Å². The van der Waals surface area contributed by atoms with Gasteiger partial charge in [-0.25, -0.2) is 4.98 Å². The number of benzene rings is 1. The molecule has 1 aromatic heterocycles. The van der Waals surface area contributed by atoms with Crippen molar-refractivity contribution >= 4 is 23.2 Å². The predicted octanol–water partition coefficient (Wildman–Crippen LogP) is 2.97. The number of nitrogens with zero attached hydrogens (tertiary/aromatic N) is 2. The van der Waals surface area contributed by atoms with Crippen LogP contribution in [-0.2, 0) is 11.4 Å². The van der Waals surface area contributed by atoms with Crippen molar-refractivity contribution in [3.05, 3.63) is 45.9 Å². The largest absolute Gasteiger partial charge is 0.486 e. The molecule has 0 fully saturated rings. The van der Waals surface area contributed by atoms with E-state index in [0.717, 1.165) is 10.7 Å². The Labute approximate surface area is 144 Å². The normalized spacial score (nSPS) is 10.4. The zero-order chi connectivity index (χ0) is 17.5. The summed E-state index contributed by atoms with van der Waals surface area (Å²) in [6.45, 7) is 4.13. The van der Waals surface area contributed by atoms with Crippen molar-refractivity contribution in [2.45, 2.75) is 26.9 Å². The number of aryl methyl sites for hydroxylation is 1. The number of amides is 1. The maximum atomic E-state index is 12.7. The monoisotopic (exact) mass is 348 g/mol. The SMILES string of the molecule is CCCN(CC(=O)O)C(=O)c1ccccc1OCc1csc(C)n1. The number of carbonyl (C=O) groups excluding carboxylic acids is 1. The molecule has 0 bridgehead atoms. The third-order valence-electron chi connectivity index (χ3n) is 3.27. The van der Waals surface area contributed by atoms with Crippen LogP contribution in [0.25, 0.3) is 0 Å². The molecule has 6 nitrogen and oxygen atoms in total. The Morgan fingerprint density at radius 3 is 2.71 bits per heavy atom. The highest BCUT2D eigenvalue weighted by Crippen LogP contribution is 2.22. The number of carboxylic acids is 1. The molecule has 2 rings (SSSR count). The fraction of sp³-hybridized carbons (Fsp3) is 0.353. The van der Waals surface area contributed by atoms with E-state index in [2.05, 4.69) is 4.98 Å². The summed E-state index contributed by atoms with van der Waals surface area (Å²) in [5, 5.41) is 11.9. The quantitative estimate of drug-likeness (QED) is 0.793. The molecule has 0 spiro atoms. The first-order valence-corrected chi connectivity index (χ1v) is 8.53. The Bertz CT molecular complexity index is 714. The highest BCUT2D eigenvalue weighted by Gasteiger charge is 2.21. The molecule has 0 unspecified atom stereocenters. The predicted molar refractivity (Wildman–Crippen MR) is 91.5 cm³/mol. The van der Waals surface area contributed by atoms with Crippen LogP contribution in [0, 0.1) is 6.92 Å². The van der Waals surface area contributed by atoms with E-state index in [0.29, 0.717) is 24.3 Å². The summed E-state index contributed by atoms with van der Waals surface area (Å²) in [7, 11) is 0. The summed E-state index contributed by atoms with van der Waals surface area (Å²) >= 11 is 1.54. The standard InChI is InChI=1S/C17H20N2O4S/c1-3-8-19(9-16(20)21)17(22)14-6-4-5-7-15(14)23-10-13-11-24-12(2)18-13/h4-7,11H,3,8-10H2,1-2H3,(H,20,21). The number of aliphatic carboxylic acids is 1. The number of hydrogen-bond acceptors (Lipinski definition) is 5. The molecule has 0 aliphatic heterocycles. The summed E-state index contributed by atoms with van der Waals surface area (Å²) in [4.78, 5) is 29.3. The first kappa shape index (κ1) is 17.9. The average molecular weight is 348 g/mol. The van der Waals surface area contributed by atoms with Crippen LogP contribution in [0.1, 0.15) is 34.4 Å². The second-order valence-electron chi connectivity index (χ2n) is 5.26. The molecule has 1 N–H and O–H groups in total. The van der Waals surface area contributed by atoms with E-state index in [1.54, 1.807) is 24.3 Å². The van der Waals surface area contributed by atoms with Crippen LogP contribution in [0.3, 0.4) is 0 Å². The van der Waals surface area contributed by atoms with Gasteiger partial charge in [-0.05, 0) is 25.5 Å². The molecule has 0 saturated carbocycles. The van der Waals surface area contributed by atoms with E-state index in [9.17, 15) is 9.59 Å². The van der Waals surface area contributed by atoms with Gasteiger partial charge in [-0.1, -0.05) is 19.1 Å². The van der Waals surface area contributed by atoms with Crippen LogP contribution in [0.15, 0.2) is 29.6 Å². The van der Waals surface area contributed by atoms with Crippen LogP contribution >= 0.6 is 11.3 Å². The van der Waals surface area contributed by atoms with Gasteiger partial charge in [-0.3, -0.25) is 9.59 Å². The fourth-order valence-corrected chi connectivity index (χ4v) is 2.85. The minimum atomic E-state index is -1.03. The Morgan fingerprint density at radius 1 is 1.33 bits per heavy atom. The number of rotatable bonds is 8. The molecular weight excluding hydrogens is 328 g/mol. The van der Waals surface area contributed by atoms with Crippen molar-refractivity contribution in [2.75, 3.05) is 13.1 Å². The molecule has 128 valence electrons. The van der Waals surface area contributed by atoms with E-state index >= 15 is 0 Å². The van der Waals surface area contributed by atoms with Crippen molar-refractivity contribution in [1.29, 1.82) is 0 Å². The first-order chi connectivity index (χ1) is 11.5. The van der Waals surface area contributed by atoms with Crippen molar-refractivity contribution in [3.63, 3.8) is 0 Å². The lowest BCUT2D eigenvalue weighted by Crippen LogP contribution is -2.36. The van der Waals surface area contributed by atoms with Crippen LogP contribution in [0.2, 0.25) is 0 Å². The Hall–Kier alpha value is -2.41. The van der Waals surface area contributed by atoms with E-state index in [1.807, 2.05) is 19.2 Å². The maximum absolute atomic E-state index is 12.7. The van der Waals surface area contributed by atoms with Crippen LogP contribution in [0.5, 0.6) is 5.75 Å². The summed E-state index contributed by atoms with van der Waals surface area (Å²) in [5.41, 5.74) is 1.16. The van der Waals surface area contributed by atoms with Gasteiger partial charge in [-0.15, -0.1) is 11.3 Å². The molecule has 0 radical (unpaired) electrons. The number of aromatic nitrogens is 1. The Morgan fingerprint density at radius 2 is 2.08 bits per heavy atom. The molecule has 0 aliphatic carbocycles. The van der Waals surface area contributed by atoms with Crippen LogP contribution < -0.4 is 4.74 Å². The summed E-state index contributed by atoms with van der Waals surface area (Å²) in [6.07, 6.45) is 0.681. The minimum Gasteiger partial charge on any atom is -0.486 e. The number of thiazole rings is 1. The van der Waals surface area contributed by atoms with Gasteiger partial charge in [0.05, 0.1) is 16.3 Å². The average Bonchev–Trinajstić information content (AvgIpc) is 2.97. The lowest BCUT2D eigenvalue weighted by Gasteiger charge is -2.21. The molecule has 1 heterocycles. The van der Waals surface area contributed by atoms with Crippen LogP contribution in [-0.4, -0.2) is 40.0 Å². The van der Waals surface area contributed by atoms with Gasteiger partial charge in [0.25, 0.3) is 5.91 Å². The summed E-state index contributed by atoms with van der Waals surface area (Å²) in [5.74, 6) is -0.947. The van der Waals surface area contributed by atoms with E-state index < -0.39 is 5.97 Å². The van der Waals surface area contributed by atoms with Crippen molar-refractivity contribution < 1.29 is 19.4 Å². The molecule has 0 aliphatic rings. The molecule has 1 aromatic carbocycles. The van der Waals surface area contributed by atoms with E-state index in [-0.39, 0.29) is 19.1 Å². The van der Waals surface area contributed by atoms with Crippen molar-refractivity contribution in [2.24, 2.45) is 0 Å². The van der Waals surface area contributed by atoms with Gasteiger partial charge >= 0.3 is 5.97 Å². The van der Waals surface area contributed by atoms with Crippen LogP contribution in [0.4, 0.5) is 0 Å². The van der Waals surface area contributed by atoms with E-state index in [1.165, 1.54) is 16.2 Å². The smallest absolute Gasteiger partial charge is 0.323 e. The second kappa shape index (κ2) is 8.44. The minimum absolute atomic E-state index is 0.265. The van der Waals surface area contributed by atoms with Gasteiger partial charge in [-0.2, -0.15) is 0 Å². The number of carbonyl (C=O) groups is 2. The molecule has 7 heteroatoms. The summed E-state index contributed by atoms with van der Waals surface area (Å²) < 4.78 is 5.74. The zero-order valence-electron chi connectivity index (χ0n) is 13.7. The molecule has 0 saturated heterocycles. The molecule has 1 amide bonds. The molecule has 2 aromatic rings. The zero-order valence-corrected chi connectivity index (χ0v) is 14.5. The molecule has 24 heavy (non-hydrogen) atoms. The van der Waals surface area contributed by atoms with Crippen molar-refractivity contribution in [1.82, 2.24) is 9.88 Å². The highest BCUT2D eigenvalue weighted by atomic mass is 32.1. The summed E-state index contributed by atoms with van der Waals surface area (Å²) in [6, 6.07) is 6.86. The third kappa shape index (κ3) is 4.79. The number of carboxylic acid groups (broad SMARTS) is 1. The van der Waals surface area contributed by atoms with Gasteiger partial charge in [0.2, 0.25) is 0 Å². The number of ether oxygens (including phenoxy) is 1. The Balaban J connectivity index is 2.16. The van der Waals surface area contributed by atoms with Gasteiger partial charge in [0.1, 0.15) is 18.9 Å². The Kier molecular flexibility index (Phi) is 6.31. The maximum Gasteiger partial charge on any atom is 0.323 e. The first-order valence-electron chi connectivity index (χ1n) is 7.65. The highest BCUT2D eigenvalue weighted by molar-refractivity contribution is 7.09. The fourth-order valence-electron chi connectivity index (χ4n) is 2.25. The lowest BCUT2D eigenvalue weighted by atomic mass is 10.1. The molecule has 0 atom stereocenters. The van der Waals surface area contributed by atoms with Gasteiger partial charge in [0, 0.05) is 11.9 Å². The number of para-hydroxylation sites is 1. The molecular formula is C17H20N2O4S. The van der Waals surface area contributed by atoms with Gasteiger partial charge in [0.15, 0.2) is 0 Å². The topological polar surface area (TPSA) is 79.7 Å². The number of hydrogen-bond donors (Lipinski definition) is 1.